The number of nitrogens with zero attached hydrogens (tertiary/aromatic N) is 4. The van der Waals surface area contributed by atoms with Gasteiger partial charge in [-0.05, 0) is 29.8 Å². The Morgan fingerprint density at radius 2 is 1.90 bits per heavy atom. The van der Waals surface area contributed by atoms with E-state index in [1.165, 1.54) is 11.3 Å². The van der Waals surface area contributed by atoms with Crippen LogP contribution in [0, 0.1) is 0 Å². The van der Waals surface area contributed by atoms with Crippen molar-refractivity contribution in [3.8, 4) is 5.75 Å². The molecule has 2 N–H and O–H groups in total. The number of hydrogen-bond acceptors (Lipinski definition) is 6. The number of hydrogen-bond donors (Lipinski definition) is 1. The zero-order valence-electron chi connectivity index (χ0n) is 16.3. The van der Waals surface area contributed by atoms with Crippen molar-refractivity contribution in [3.05, 3.63) is 59.8 Å². The lowest BCUT2D eigenvalue weighted by molar-refractivity contribution is 0.122. The van der Waals surface area contributed by atoms with Gasteiger partial charge in [-0.15, -0.1) is 0 Å². The van der Waals surface area contributed by atoms with Crippen molar-refractivity contribution >= 4 is 28.1 Å². The van der Waals surface area contributed by atoms with Gasteiger partial charge in [0.1, 0.15) is 11.3 Å². The summed E-state index contributed by atoms with van der Waals surface area (Å²) in [6.07, 6.45) is 0.732. The Balaban J connectivity index is 1.46. The van der Waals surface area contributed by atoms with Crippen LogP contribution in [0.25, 0.3) is 16.4 Å². The van der Waals surface area contributed by atoms with Crippen LogP contribution in [0.2, 0.25) is 0 Å². The van der Waals surface area contributed by atoms with E-state index in [2.05, 4.69) is 45.3 Å². The summed E-state index contributed by atoms with van der Waals surface area (Å²) in [7, 11) is 1.64. The molecule has 0 aliphatic carbocycles. The maximum Gasteiger partial charge on any atom is 0.222 e. The molecule has 1 fully saturated rings. The molecule has 0 bridgehead atoms. The Labute approximate surface area is 168 Å². The third-order valence-corrected chi connectivity index (χ3v) is 5.40. The highest BCUT2D eigenvalue weighted by Crippen LogP contribution is 2.29. The van der Waals surface area contributed by atoms with Crippen molar-refractivity contribution < 1.29 is 9.47 Å². The van der Waals surface area contributed by atoms with E-state index >= 15 is 0 Å². The second kappa shape index (κ2) is 7.25. The molecule has 1 aliphatic rings. The fourth-order valence-corrected chi connectivity index (χ4v) is 3.91. The zero-order chi connectivity index (χ0) is 19.8. The summed E-state index contributed by atoms with van der Waals surface area (Å²) in [5.41, 5.74) is 11.3. The Morgan fingerprint density at radius 3 is 2.66 bits per heavy atom. The summed E-state index contributed by atoms with van der Waals surface area (Å²) in [5, 5.41) is 5.66. The van der Waals surface area contributed by atoms with Crippen LogP contribution in [-0.4, -0.2) is 48.0 Å². The van der Waals surface area contributed by atoms with E-state index in [-0.39, 0.29) is 0 Å². The van der Waals surface area contributed by atoms with Gasteiger partial charge in [0.15, 0.2) is 0 Å². The lowest BCUT2D eigenvalue weighted by Crippen LogP contribution is -2.36. The zero-order valence-corrected chi connectivity index (χ0v) is 16.3. The number of rotatable bonds is 4. The van der Waals surface area contributed by atoms with Crippen molar-refractivity contribution in [1.82, 2.24) is 14.6 Å². The summed E-state index contributed by atoms with van der Waals surface area (Å²) >= 11 is 0. The highest BCUT2D eigenvalue weighted by molar-refractivity contribution is 5.97. The second-order valence-corrected chi connectivity index (χ2v) is 7.20. The van der Waals surface area contributed by atoms with E-state index in [9.17, 15) is 0 Å². The predicted molar refractivity (Wildman–Crippen MR) is 114 cm³/mol. The number of morpholine rings is 1. The molecule has 0 atom stereocenters. The van der Waals surface area contributed by atoms with E-state index < -0.39 is 0 Å². The number of benzene rings is 2. The molecule has 0 radical (unpaired) electrons. The Hall–Kier alpha value is -3.32. The van der Waals surface area contributed by atoms with Gasteiger partial charge in [-0.1, -0.05) is 24.3 Å². The van der Waals surface area contributed by atoms with E-state index in [0.717, 1.165) is 54.8 Å². The number of fused-ring (bicyclic) bond motifs is 3. The molecule has 2 aromatic carbocycles. The van der Waals surface area contributed by atoms with E-state index in [1.54, 1.807) is 11.6 Å². The Bertz CT molecular complexity index is 1160. The number of para-hydroxylation sites is 1. The summed E-state index contributed by atoms with van der Waals surface area (Å²) < 4.78 is 12.6. The molecule has 1 aliphatic heterocycles. The fourth-order valence-electron chi connectivity index (χ4n) is 3.91. The molecule has 0 saturated carbocycles. The number of anilines is 2. The minimum absolute atomic E-state index is 0.353. The number of methoxy groups -OCH3 is 1. The van der Waals surface area contributed by atoms with Crippen LogP contribution in [0.4, 0.5) is 11.6 Å². The normalized spacial score (nSPS) is 14.6. The number of nitrogen functional groups attached to an aromatic ring is 1. The molecule has 29 heavy (non-hydrogen) atoms. The smallest absolute Gasteiger partial charge is 0.222 e. The Kier molecular flexibility index (Phi) is 4.44. The van der Waals surface area contributed by atoms with Gasteiger partial charge in [0.25, 0.3) is 0 Å². The van der Waals surface area contributed by atoms with E-state index in [4.69, 9.17) is 15.2 Å². The van der Waals surface area contributed by atoms with Gasteiger partial charge in [-0.25, -0.2) is 4.98 Å². The lowest BCUT2D eigenvalue weighted by atomic mass is 10.1. The maximum atomic E-state index is 6.17. The fraction of sp³-hybridized carbons (Fsp3) is 0.273. The molecule has 4 aromatic rings. The molecule has 0 spiro atoms. The molecule has 0 unspecified atom stereocenters. The quantitative estimate of drug-likeness (QED) is 0.578. The van der Waals surface area contributed by atoms with E-state index in [0.29, 0.717) is 11.7 Å². The van der Waals surface area contributed by atoms with Gasteiger partial charge in [0.05, 0.1) is 31.5 Å². The van der Waals surface area contributed by atoms with Gasteiger partial charge >= 0.3 is 0 Å². The first-order valence-electron chi connectivity index (χ1n) is 9.75. The molecule has 1 saturated heterocycles. The van der Waals surface area contributed by atoms with Gasteiger partial charge in [0, 0.05) is 30.6 Å². The SMILES string of the molecule is COc1cccc2c1nc(N)n1nc(Cc3ccc(N4CCOCC4)cc3)cc21. The summed E-state index contributed by atoms with van der Waals surface area (Å²) in [4.78, 5) is 6.85. The Morgan fingerprint density at radius 1 is 1.10 bits per heavy atom. The van der Waals surface area contributed by atoms with Crippen LogP contribution in [0.5, 0.6) is 5.75 Å². The van der Waals surface area contributed by atoms with Crippen LogP contribution >= 0.6 is 0 Å². The highest BCUT2D eigenvalue weighted by Gasteiger charge is 2.14. The van der Waals surface area contributed by atoms with Crippen LogP contribution < -0.4 is 15.4 Å². The lowest BCUT2D eigenvalue weighted by Gasteiger charge is -2.28. The molecule has 0 amide bonds. The monoisotopic (exact) mass is 389 g/mol. The summed E-state index contributed by atoms with van der Waals surface area (Å²) in [5.74, 6) is 1.06. The van der Waals surface area contributed by atoms with Crippen LogP contribution in [-0.2, 0) is 11.2 Å². The second-order valence-electron chi connectivity index (χ2n) is 7.20. The van der Waals surface area contributed by atoms with Crippen LogP contribution in [0.3, 0.4) is 0 Å². The first-order valence-corrected chi connectivity index (χ1v) is 9.75. The molecular weight excluding hydrogens is 366 g/mol. The van der Waals surface area contributed by atoms with Crippen molar-refractivity contribution in [2.75, 3.05) is 44.0 Å². The molecular formula is C22H23N5O2. The van der Waals surface area contributed by atoms with Crippen molar-refractivity contribution in [3.63, 3.8) is 0 Å². The minimum atomic E-state index is 0.353. The van der Waals surface area contributed by atoms with Crippen molar-refractivity contribution in [2.24, 2.45) is 0 Å². The standard InChI is InChI=1S/C22H23N5O2/c1-28-20-4-2-3-18-19-14-16(25-27(19)22(23)24-21(18)20)13-15-5-7-17(8-6-15)26-9-11-29-12-10-26/h2-8,14H,9-13H2,1H3,(H2,23,24). The predicted octanol–water partition coefficient (Wildman–Crippen LogP) is 2.90. The van der Waals surface area contributed by atoms with Gasteiger partial charge in [-0.3, -0.25) is 0 Å². The third kappa shape index (κ3) is 3.23. The van der Waals surface area contributed by atoms with E-state index in [1.807, 2.05) is 18.2 Å². The first kappa shape index (κ1) is 17.8. The third-order valence-electron chi connectivity index (χ3n) is 5.40. The molecule has 148 valence electrons. The van der Waals surface area contributed by atoms with Gasteiger partial charge < -0.3 is 20.1 Å². The number of aromatic nitrogens is 3. The molecule has 7 heteroatoms. The number of ether oxygens (including phenoxy) is 2. The maximum absolute atomic E-state index is 6.17. The van der Waals surface area contributed by atoms with Crippen molar-refractivity contribution in [1.29, 1.82) is 0 Å². The minimum Gasteiger partial charge on any atom is -0.494 e. The van der Waals surface area contributed by atoms with Crippen molar-refractivity contribution in [2.45, 2.75) is 6.42 Å². The van der Waals surface area contributed by atoms with Gasteiger partial charge in [-0.2, -0.15) is 9.61 Å². The molecule has 3 heterocycles. The van der Waals surface area contributed by atoms with Gasteiger partial charge in [0.2, 0.25) is 5.95 Å². The van der Waals surface area contributed by atoms with Crippen LogP contribution in [0.15, 0.2) is 48.5 Å². The topological polar surface area (TPSA) is 77.9 Å². The van der Waals surface area contributed by atoms with Crippen LogP contribution in [0.1, 0.15) is 11.3 Å². The first-order chi connectivity index (χ1) is 14.2. The average molecular weight is 389 g/mol. The largest absolute Gasteiger partial charge is 0.494 e. The summed E-state index contributed by atoms with van der Waals surface area (Å²) in [6.45, 7) is 3.46. The molecule has 2 aromatic heterocycles. The molecule has 5 rings (SSSR count). The molecule has 7 nitrogen and oxygen atoms in total. The summed E-state index contributed by atoms with van der Waals surface area (Å²) in [6, 6.07) is 16.6. The average Bonchev–Trinajstić information content (AvgIpc) is 3.19. The highest BCUT2D eigenvalue weighted by atomic mass is 16.5. The number of nitrogens with two attached hydrogens (primary N) is 1.